The Morgan fingerprint density at radius 2 is 2.33 bits per heavy atom. The Hall–Kier alpha value is -1.63. The maximum atomic E-state index is 10.8. The van der Waals surface area contributed by atoms with E-state index in [-0.39, 0.29) is 23.8 Å². The predicted octanol–water partition coefficient (Wildman–Crippen LogP) is 0.977. The standard InChI is InChI=1S/C10H13ClN4O3/c1-18-10-13-8(11)12-9(14-10)15-4-2-3-6(15)5-7(16)17/h6H,2-5H2,1H3,(H,16,17). The number of nitrogens with zero attached hydrogens (tertiary/aromatic N) is 4. The smallest absolute Gasteiger partial charge is 0.322 e. The lowest BCUT2D eigenvalue weighted by atomic mass is 10.1. The molecule has 0 aromatic carbocycles. The number of carbonyl (C=O) groups is 1. The van der Waals surface area contributed by atoms with Crippen molar-refractivity contribution in [1.82, 2.24) is 15.0 Å². The molecule has 1 aromatic rings. The molecule has 0 amide bonds. The molecule has 1 saturated heterocycles. The topological polar surface area (TPSA) is 88.4 Å². The fraction of sp³-hybridized carbons (Fsp3) is 0.600. The summed E-state index contributed by atoms with van der Waals surface area (Å²) in [5.41, 5.74) is 0. The Labute approximate surface area is 109 Å². The number of anilines is 1. The number of ether oxygens (including phenoxy) is 1. The van der Waals surface area contributed by atoms with Crippen molar-refractivity contribution in [2.24, 2.45) is 0 Å². The van der Waals surface area contributed by atoms with Crippen LogP contribution >= 0.6 is 11.6 Å². The zero-order chi connectivity index (χ0) is 13.1. The van der Waals surface area contributed by atoms with E-state index in [1.54, 1.807) is 0 Å². The number of aromatic nitrogens is 3. The van der Waals surface area contributed by atoms with Gasteiger partial charge in [-0.2, -0.15) is 15.0 Å². The largest absolute Gasteiger partial charge is 0.481 e. The van der Waals surface area contributed by atoms with Crippen LogP contribution in [0.5, 0.6) is 6.01 Å². The number of methoxy groups -OCH3 is 1. The molecule has 7 nitrogen and oxygen atoms in total. The van der Waals surface area contributed by atoms with Crippen LogP contribution in [0.3, 0.4) is 0 Å². The lowest BCUT2D eigenvalue weighted by molar-refractivity contribution is -0.137. The van der Waals surface area contributed by atoms with Gasteiger partial charge in [0.1, 0.15) is 0 Å². The lowest BCUT2D eigenvalue weighted by Crippen LogP contribution is -2.32. The lowest BCUT2D eigenvalue weighted by Gasteiger charge is -2.23. The van der Waals surface area contributed by atoms with E-state index in [1.165, 1.54) is 7.11 Å². The molecule has 18 heavy (non-hydrogen) atoms. The van der Waals surface area contributed by atoms with E-state index >= 15 is 0 Å². The first-order valence-corrected chi connectivity index (χ1v) is 5.92. The predicted molar refractivity (Wildman–Crippen MR) is 64.0 cm³/mol. The third-order valence-electron chi connectivity index (χ3n) is 2.80. The van der Waals surface area contributed by atoms with Gasteiger partial charge in [0, 0.05) is 12.6 Å². The molecule has 1 unspecified atom stereocenters. The average molecular weight is 273 g/mol. The Morgan fingerprint density at radius 1 is 1.56 bits per heavy atom. The van der Waals surface area contributed by atoms with E-state index in [9.17, 15) is 4.79 Å². The van der Waals surface area contributed by atoms with Gasteiger partial charge in [-0.25, -0.2) is 0 Å². The summed E-state index contributed by atoms with van der Waals surface area (Å²) >= 11 is 5.78. The molecule has 0 bridgehead atoms. The summed E-state index contributed by atoms with van der Waals surface area (Å²) in [6.45, 7) is 0.710. The summed E-state index contributed by atoms with van der Waals surface area (Å²) in [6.07, 6.45) is 1.77. The summed E-state index contributed by atoms with van der Waals surface area (Å²) in [6, 6.07) is 0.0247. The zero-order valence-electron chi connectivity index (χ0n) is 9.84. The monoisotopic (exact) mass is 272 g/mol. The van der Waals surface area contributed by atoms with Crippen LogP contribution < -0.4 is 9.64 Å². The number of hydrogen-bond donors (Lipinski definition) is 1. The van der Waals surface area contributed by atoms with Crippen LogP contribution in [0.2, 0.25) is 5.28 Å². The number of rotatable bonds is 4. The number of halogens is 1. The summed E-state index contributed by atoms with van der Waals surface area (Å²) < 4.78 is 4.92. The Morgan fingerprint density at radius 3 is 3.00 bits per heavy atom. The Kier molecular flexibility index (Phi) is 3.81. The summed E-state index contributed by atoms with van der Waals surface area (Å²) in [7, 11) is 1.44. The van der Waals surface area contributed by atoms with Crippen molar-refractivity contribution in [3.63, 3.8) is 0 Å². The highest BCUT2D eigenvalue weighted by molar-refractivity contribution is 6.28. The SMILES string of the molecule is COc1nc(Cl)nc(N2CCCC2CC(=O)O)n1. The van der Waals surface area contributed by atoms with E-state index in [0.717, 1.165) is 12.8 Å². The van der Waals surface area contributed by atoms with Gasteiger partial charge >= 0.3 is 12.0 Å². The highest BCUT2D eigenvalue weighted by Crippen LogP contribution is 2.26. The fourth-order valence-corrected chi connectivity index (χ4v) is 2.20. The van der Waals surface area contributed by atoms with Crippen molar-refractivity contribution in [3.8, 4) is 6.01 Å². The second-order valence-electron chi connectivity index (χ2n) is 3.98. The van der Waals surface area contributed by atoms with Crippen molar-refractivity contribution in [3.05, 3.63) is 5.28 Å². The van der Waals surface area contributed by atoms with Crippen molar-refractivity contribution in [2.45, 2.75) is 25.3 Å². The van der Waals surface area contributed by atoms with Crippen LogP contribution in [0.4, 0.5) is 5.95 Å². The van der Waals surface area contributed by atoms with Gasteiger partial charge in [0.2, 0.25) is 11.2 Å². The highest BCUT2D eigenvalue weighted by atomic mass is 35.5. The molecule has 8 heteroatoms. The molecule has 1 fully saturated rings. The van der Waals surface area contributed by atoms with Crippen molar-refractivity contribution in [2.75, 3.05) is 18.6 Å². The normalized spacial score (nSPS) is 19.0. The second-order valence-corrected chi connectivity index (χ2v) is 4.32. The highest BCUT2D eigenvalue weighted by Gasteiger charge is 2.29. The van der Waals surface area contributed by atoms with Gasteiger partial charge in [0.15, 0.2) is 0 Å². The van der Waals surface area contributed by atoms with Gasteiger partial charge in [-0.15, -0.1) is 0 Å². The quantitative estimate of drug-likeness (QED) is 0.874. The Bertz CT molecular complexity index is 457. The van der Waals surface area contributed by atoms with E-state index in [0.29, 0.717) is 12.5 Å². The van der Waals surface area contributed by atoms with E-state index in [1.807, 2.05) is 4.90 Å². The van der Waals surface area contributed by atoms with E-state index < -0.39 is 5.97 Å². The first-order chi connectivity index (χ1) is 8.60. The summed E-state index contributed by atoms with van der Waals surface area (Å²) in [4.78, 5) is 24.5. The fourth-order valence-electron chi connectivity index (χ4n) is 2.05. The third kappa shape index (κ3) is 2.79. The molecule has 1 aromatic heterocycles. The molecule has 1 aliphatic heterocycles. The van der Waals surface area contributed by atoms with Gasteiger partial charge in [-0.3, -0.25) is 4.79 Å². The zero-order valence-corrected chi connectivity index (χ0v) is 10.6. The number of carboxylic acid groups (broad SMARTS) is 1. The third-order valence-corrected chi connectivity index (χ3v) is 2.97. The summed E-state index contributed by atoms with van der Waals surface area (Å²) in [5, 5.41) is 8.90. The van der Waals surface area contributed by atoms with Crippen molar-refractivity contribution in [1.29, 1.82) is 0 Å². The maximum Gasteiger partial charge on any atom is 0.322 e. The van der Waals surface area contributed by atoms with Crippen LogP contribution in [-0.4, -0.2) is 45.7 Å². The number of hydrogen-bond acceptors (Lipinski definition) is 6. The minimum absolute atomic E-state index is 0.0397. The molecule has 0 spiro atoms. The maximum absolute atomic E-state index is 10.8. The van der Waals surface area contributed by atoms with Crippen LogP contribution in [0.1, 0.15) is 19.3 Å². The van der Waals surface area contributed by atoms with Gasteiger partial charge in [-0.1, -0.05) is 0 Å². The van der Waals surface area contributed by atoms with Crippen molar-refractivity contribution >= 4 is 23.5 Å². The van der Waals surface area contributed by atoms with Crippen LogP contribution in [0.15, 0.2) is 0 Å². The van der Waals surface area contributed by atoms with Gasteiger partial charge in [-0.05, 0) is 24.4 Å². The molecule has 1 aliphatic rings. The first-order valence-electron chi connectivity index (χ1n) is 5.54. The van der Waals surface area contributed by atoms with Gasteiger partial charge < -0.3 is 14.7 Å². The van der Waals surface area contributed by atoms with Gasteiger partial charge in [0.05, 0.1) is 13.5 Å². The minimum atomic E-state index is -0.834. The minimum Gasteiger partial charge on any atom is -0.481 e. The molecular formula is C10H13ClN4O3. The molecule has 2 rings (SSSR count). The van der Waals surface area contributed by atoms with E-state index in [2.05, 4.69) is 15.0 Å². The molecule has 98 valence electrons. The molecular weight excluding hydrogens is 260 g/mol. The molecule has 0 radical (unpaired) electrons. The molecule has 0 saturated carbocycles. The number of aliphatic carboxylic acids is 1. The molecule has 1 N–H and O–H groups in total. The second kappa shape index (κ2) is 5.34. The Balaban J connectivity index is 2.24. The molecule has 2 heterocycles. The van der Waals surface area contributed by atoms with E-state index in [4.69, 9.17) is 21.4 Å². The summed E-state index contributed by atoms with van der Waals surface area (Å²) in [5.74, 6) is -0.463. The first kappa shape index (κ1) is 12.8. The number of carboxylic acids is 1. The van der Waals surface area contributed by atoms with Crippen LogP contribution in [0.25, 0.3) is 0 Å². The molecule has 1 atom stereocenters. The molecule has 0 aliphatic carbocycles. The van der Waals surface area contributed by atoms with Gasteiger partial charge in [0.25, 0.3) is 0 Å². The van der Waals surface area contributed by atoms with Crippen LogP contribution in [0, 0.1) is 0 Å². The van der Waals surface area contributed by atoms with Crippen LogP contribution in [-0.2, 0) is 4.79 Å². The average Bonchev–Trinajstić information content (AvgIpc) is 2.75. The van der Waals surface area contributed by atoms with Crippen molar-refractivity contribution < 1.29 is 14.6 Å².